The van der Waals surface area contributed by atoms with Gasteiger partial charge in [-0.05, 0) is 25.5 Å². The number of carboxylic acids is 1. The van der Waals surface area contributed by atoms with E-state index in [4.69, 9.17) is 10.8 Å². The van der Waals surface area contributed by atoms with Crippen molar-refractivity contribution in [2.45, 2.75) is 19.4 Å². The van der Waals surface area contributed by atoms with Crippen LogP contribution in [0.25, 0.3) is 0 Å². The number of nitrogens with two attached hydrogens (primary N) is 1. The Bertz CT molecular complexity index is 552. The third-order valence-electron chi connectivity index (χ3n) is 3.17. The summed E-state index contributed by atoms with van der Waals surface area (Å²) in [7, 11) is 0. The summed E-state index contributed by atoms with van der Waals surface area (Å²) < 4.78 is 0. The molecule has 0 aromatic heterocycles. The van der Waals surface area contributed by atoms with E-state index >= 15 is 0 Å². The Balaban J connectivity index is 2.05. The summed E-state index contributed by atoms with van der Waals surface area (Å²) in [6.45, 7) is 1.88. The minimum Gasteiger partial charge on any atom is -0.481 e. The maximum Gasteiger partial charge on any atom is 0.310 e. The van der Waals surface area contributed by atoms with E-state index in [2.05, 4.69) is 5.32 Å². The van der Waals surface area contributed by atoms with Gasteiger partial charge in [-0.1, -0.05) is 23.8 Å². The molecule has 0 spiro atoms. The Morgan fingerprint density at radius 2 is 2.11 bits per heavy atom. The number of aryl methyl sites for hydroxylation is 1. The van der Waals surface area contributed by atoms with E-state index < -0.39 is 11.9 Å². The summed E-state index contributed by atoms with van der Waals surface area (Å²) in [5.74, 6) is -1.68. The molecule has 1 aromatic carbocycles. The van der Waals surface area contributed by atoms with Crippen molar-refractivity contribution in [2.75, 3.05) is 5.73 Å². The third-order valence-corrected chi connectivity index (χ3v) is 3.17. The highest BCUT2D eigenvalue weighted by atomic mass is 16.4. The fraction of sp³-hybridized carbons (Fsp3) is 0.286. The molecule has 0 bridgehead atoms. The molecule has 2 rings (SSSR count). The van der Waals surface area contributed by atoms with Gasteiger partial charge in [0.05, 0.1) is 11.5 Å². The average Bonchev–Trinajstić information content (AvgIpc) is 2.80. The van der Waals surface area contributed by atoms with Gasteiger partial charge in [0.15, 0.2) is 0 Å². The van der Waals surface area contributed by atoms with Gasteiger partial charge in [-0.2, -0.15) is 0 Å². The van der Waals surface area contributed by atoms with Crippen LogP contribution < -0.4 is 11.1 Å². The zero-order valence-corrected chi connectivity index (χ0v) is 10.6. The number of benzene rings is 1. The first-order valence-electron chi connectivity index (χ1n) is 6.05. The summed E-state index contributed by atoms with van der Waals surface area (Å²) in [4.78, 5) is 22.9. The number of carbonyl (C=O) groups excluding carboxylic acids is 1. The zero-order chi connectivity index (χ0) is 14.0. The van der Waals surface area contributed by atoms with E-state index in [-0.39, 0.29) is 11.9 Å². The predicted octanol–water partition coefficient (Wildman–Crippen LogP) is 1.34. The summed E-state index contributed by atoms with van der Waals surface area (Å²) in [5, 5.41) is 11.7. The van der Waals surface area contributed by atoms with Gasteiger partial charge in [0.2, 0.25) is 0 Å². The van der Waals surface area contributed by atoms with Crippen molar-refractivity contribution in [2.24, 2.45) is 5.92 Å². The van der Waals surface area contributed by atoms with E-state index in [0.29, 0.717) is 17.7 Å². The maximum atomic E-state index is 12.1. The highest BCUT2D eigenvalue weighted by Crippen LogP contribution is 2.19. The van der Waals surface area contributed by atoms with Crippen LogP contribution in [0, 0.1) is 12.8 Å². The van der Waals surface area contributed by atoms with Crippen molar-refractivity contribution >= 4 is 17.6 Å². The highest BCUT2D eigenvalue weighted by molar-refractivity contribution is 5.99. The second-order valence-corrected chi connectivity index (χ2v) is 4.74. The number of carbonyl (C=O) groups is 2. The second kappa shape index (κ2) is 5.14. The molecule has 0 radical (unpaired) electrons. The molecule has 1 aliphatic carbocycles. The van der Waals surface area contributed by atoms with Crippen molar-refractivity contribution in [1.29, 1.82) is 0 Å². The van der Waals surface area contributed by atoms with Crippen LogP contribution in [0.4, 0.5) is 5.69 Å². The zero-order valence-electron chi connectivity index (χ0n) is 10.6. The molecule has 0 aliphatic heterocycles. The van der Waals surface area contributed by atoms with Gasteiger partial charge < -0.3 is 16.2 Å². The lowest BCUT2D eigenvalue weighted by Gasteiger charge is -2.13. The second-order valence-electron chi connectivity index (χ2n) is 4.74. The van der Waals surface area contributed by atoms with Gasteiger partial charge in [0.25, 0.3) is 5.91 Å². The number of nitrogen functional groups attached to an aromatic ring is 1. The summed E-state index contributed by atoms with van der Waals surface area (Å²) in [6.07, 6.45) is 3.70. The van der Waals surface area contributed by atoms with Crippen molar-refractivity contribution in [3.63, 3.8) is 0 Å². The van der Waals surface area contributed by atoms with Gasteiger partial charge in [0.1, 0.15) is 0 Å². The molecule has 2 unspecified atom stereocenters. The Kier molecular flexibility index (Phi) is 3.55. The number of hydrogen-bond donors (Lipinski definition) is 3. The smallest absolute Gasteiger partial charge is 0.310 e. The van der Waals surface area contributed by atoms with Crippen LogP contribution in [0.2, 0.25) is 0 Å². The van der Waals surface area contributed by atoms with E-state index in [1.807, 2.05) is 13.0 Å². The van der Waals surface area contributed by atoms with Gasteiger partial charge in [-0.15, -0.1) is 0 Å². The molecule has 0 heterocycles. The van der Waals surface area contributed by atoms with Crippen LogP contribution in [-0.4, -0.2) is 23.0 Å². The molecule has 0 saturated heterocycles. The minimum absolute atomic E-state index is 0.256. The molecule has 0 saturated carbocycles. The summed E-state index contributed by atoms with van der Waals surface area (Å²) in [5.41, 5.74) is 7.56. The number of amides is 1. The van der Waals surface area contributed by atoms with Crippen LogP contribution in [0.15, 0.2) is 30.4 Å². The first-order chi connectivity index (χ1) is 8.97. The van der Waals surface area contributed by atoms with Crippen LogP contribution in [0.5, 0.6) is 0 Å². The Labute approximate surface area is 111 Å². The molecule has 100 valence electrons. The minimum atomic E-state index is -0.872. The fourth-order valence-electron chi connectivity index (χ4n) is 2.10. The largest absolute Gasteiger partial charge is 0.481 e. The molecule has 5 nitrogen and oxygen atoms in total. The van der Waals surface area contributed by atoms with Gasteiger partial charge in [0, 0.05) is 11.7 Å². The molecular weight excluding hydrogens is 244 g/mol. The quantitative estimate of drug-likeness (QED) is 0.564. The summed E-state index contributed by atoms with van der Waals surface area (Å²) in [6, 6.07) is 4.99. The van der Waals surface area contributed by atoms with E-state index in [1.165, 1.54) is 0 Å². The van der Waals surface area contributed by atoms with Crippen LogP contribution in [-0.2, 0) is 4.79 Å². The molecule has 4 N–H and O–H groups in total. The Hall–Kier alpha value is -2.30. The topological polar surface area (TPSA) is 92.4 Å². The van der Waals surface area contributed by atoms with Crippen LogP contribution in [0.3, 0.4) is 0 Å². The molecule has 19 heavy (non-hydrogen) atoms. The fourth-order valence-corrected chi connectivity index (χ4v) is 2.10. The number of anilines is 1. The number of nitrogens with one attached hydrogen (secondary N) is 1. The Morgan fingerprint density at radius 1 is 1.37 bits per heavy atom. The number of rotatable bonds is 3. The lowest BCUT2D eigenvalue weighted by molar-refractivity contribution is -0.140. The Morgan fingerprint density at radius 3 is 2.74 bits per heavy atom. The lowest BCUT2D eigenvalue weighted by atomic mass is 10.1. The predicted molar refractivity (Wildman–Crippen MR) is 71.7 cm³/mol. The normalized spacial score (nSPS) is 21.3. The number of carboxylic acid groups (broad SMARTS) is 1. The van der Waals surface area contributed by atoms with Gasteiger partial charge in [-0.3, -0.25) is 9.59 Å². The molecule has 0 fully saturated rings. The maximum absolute atomic E-state index is 12.1. The number of aliphatic carboxylic acids is 1. The SMILES string of the molecule is Cc1ccc(N)c(C(=O)NC2C=CC(C(=O)O)C2)c1. The lowest BCUT2D eigenvalue weighted by Crippen LogP contribution is -2.33. The average molecular weight is 260 g/mol. The van der Waals surface area contributed by atoms with E-state index in [9.17, 15) is 9.59 Å². The van der Waals surface area contributed by atoms with Crippen molar-refractivity contribution in [1.82, 2.24) is 5.32 Å². The summed E-state index contributed by atoms with van der Waals surface area (Å²) >= 11 is 0. The monoisotopic (exact) mass is 260 g/mol. The number of hydrogen-bond acceptors (Lipinski definition) is 3. The van der Waals surface area contributed by atoms with E-state index in [1.54, 1.807) is 24.3 Å². The van der Waals surface area contributed by atoms with Crippen LogP contribution in [0.1, 0.15) is 22.3 Å². The van der Waals surface area contributed by atoms with Crippen LogP contribution >= 0.6 is 0 Å². The van der Waals surface area contributed by atoms with Gasteiger partial charge in [-0.25, -0.2) is 0 Å². The molecule has 1 amide bonds. The highest BCUT2D eigenvalue weighted by Gasteiger charge is 2.25. The van der Waals surface area contributed by atoms with Gasteiger partial charge >= 0.3 is 5.97 Å². The molecule has 5 heteroatoms. The first-order valence-corrected chi connectivity index (χ1v) is 6.05. The first kappa shape index (κ1) is 13.1. The van der Waals surface area contributed by atoms with Crippen molar-refractivity contribution < 1.29 is 14.7 Å². The molecule has 2 atom stereocenters. The third kappa shape index (κ3) is 2.93. The molecule has 1 aliphatic rings. The van der Waals surface area contributed by atoms with Crippen molar-refractivity contribution in [3.05, 3.63) is 41.5 Å². The standard InChI is InChI=1S/C14H16N2O3/c1-8-2-5-12(15)11(6-8)13(17)16-10-4-3-9(7-10)14(18)19/h2-6,9-10H,7,15H2,1H3,(H,16,17)(H,18,19). The van der Waals surface area contributed by atoms with E-state index in [0.717, 1.165) is 5.56 Å². The van der Waals surface area contributed by atoms with Crippen molar-refractivity contribution in [3.8, 4) is 0 Å². The molecule has 1 aromatic rings. The molecular formula is C14H16N2O3.